The molecule has 10 aromatic rings. The van der Waals surface area contributed by atoms with Crippen molar-refractivity contribution in [3.63, 3.8) is 0 Å². The predicted molar refractivity (Wildman–Crippen MR) is 233 cm³/mol. The van der Waals surface area contributed by atoms with Gasteiger partial charge in [-0.3, -0.25) is 15.7 Å². The van der Waals surface area contributed by atoms with Gasteiger partial charge in [0.15, 0.2) is 0 Å². The van der Waals surface area contributed by atoms with Gasteiger partial charge < -0.3 is 9.13 Å². The third-order valence-corrected chi connectivity index (χ3v) is 10.4. The second-order valence-corrected chi connectivity index (χ2v) is 13.3. The average Bonchev–Trinajstić information content (AvgIpc) is 3.79. The molecular formula is C50H39N5. The third-order valence-electron chi connectivity index (χ3n) is 10.4. The summed E-state index contributed by atoms with van der Waals surface area (Å²) in [6, 6.07) is 64.6. The van der Waals surface area contributed by atoms with Gasteiger partial charge in [-0.1, -0.05) is 153 Å². The molecule has 0 saturated heterocycles. The smallest absolute Gasteiger partial charge is 0.138 e. The number of nitrogens with one attached hydrogen (secondary N) is 2. The van der Waals surface area contributed by atoms with Crippen LogP contribution in [0.5, 0.6) is 0 Å². The number of nitrogens with zero attached hydrogens (tertiary/aromatic N) is 3. The Balaban J connectivity index is 0.00000195. The minimum absolute atomic E-state index is 0.243. The summed E-state index contributed by atoms with van der Waals surface area (Å²) in [6.07, 6.45) is 0. The molecule has 0 fully saturated rings. The summed E-state index contributed by atoms with van der Waals surface area (Å²) in [5, 5.41) is 25.7. The molecule has 264 valence electrons. The van der Waals surface area contributed by atoms with Gasteiger partial charge in [0.1, 0.15) is 11.7 Å². The fraction of sp³-hybridized carbons (Fsp3) is 0.0400. The molecule has 0 spiro atoms. The molecular weight excluding hydrogens is 671 g/mol. The van der Waals surface area contributed by atoms with Crippen molar-refractivity contribution in [2.24, 2.45) is 0 Å². The van der Waals surface area contributed by atoms with Crippen LogP contribution in [0.4, 0.5) is 5.69 Å². The Hall–Kier alpha value is -7.24. The van der Waals surface area contributed by atoms with Crippen LogP contribution < -0.4 is 4.90 Å². The molecule has 0 atom stereocenters. The molecule has 0 unspecified atom stereocenters. The number of rotatable bonds is 5. The predicted octanol–water partition coefficient (Wildman–Crippen LogP) is 12.9. The molecule has 0 saturated carbocycles. The van der Waals surface area contributed by atoms with Crippen LogP contribution >= 0.6 is 0 Å². The summed E-state index contributed by atoms with van der Waals surface area (Å²) in [4.78, 5) is 1.72. The van der Waals surface area contributed by atoms with Crippen molar-refractivity contribution in [1.29, 1.82) is 10.8 Å². The van der Waals surface area contributed by atoms with E-state index in [4.69, 9.17) is 0 Å². The first kappa shape index (κ1) is 33.6. The maximum Gasteiger partial charge on any atom is 0.138 e. The van der Waals surface area contributed by atoms with Crippen molar-refractivity contribution in [2.75, 3.05) is 4.90 Å². The highest BCUT2D eigenvalue weighted by Gasteiger charge is 2.22. The molecule has 0 aliphatic rings. The van der Waals surface area contributed by atoms with Crippen LogP contribution in [0.1, 0.15) is 25.0 Å². The molecule has 2 N–H and O–H groups in total. The maximum absolute atomic E-state index is 9.27. The lowest BCUT2D eigenvalue weighted by Crippen LogP contribution is -2.37. The second kappa shape index (κ2) is 14.0. The zero-order valence-corrected chi connectivity index (χ0v) is 30.7. The number of aromatic nitrogens is 2. The summed E-state index contributed by atoms with van der Waals surface area (Å²) in [5.74, 6) is 0.487. The lowest BCUT2D eigenvalue weighted by Gasteiger charge is -2.26. The highest BCUT2D eigenvalue weighted by molar-refractivity contribution is 6.28. The van der Waals surface area contributed by atoms with E-state index in [9.17, 15) is 10.8 Å². The summed E-state index contributed by atoms with van der Waals surface area (Å²) in [7, 11) is 0. The Kier molecular flexibility index (Phi) is 8.52. The Morgan fingerprint density at radius 3 is 1.15 bits per heavy atom. The normalized spacial score (nSPS) is 11.2. The van der Waals surface area contributed by atoms with Gasteiger partial charge >= 0.3 is 0 Å². The number of hydrogen-bond donors (Lipinski definition) is 2. The topological polar surface area (TPSA) is 60.8 Å². The number of amidine groups is 2. The number of hydrogen-bond acceptors (Lipinski definition) is 2. The van der Waals surface area contributed by atoms with Crippen LogP contribution in [0.15, 0.2) is 188 Å². The van der Waals surface area contributed by atoms with Crippen LogP contribution in [-0.4, -0.2) is 20.8 Å². The van der Waals surface area contributed by atoms with Gasteiger partial charge in [0.05, 0.1) is 22.1 Å². The van der Waals surface area contributed by atoms with E-state index in [1.165, 1.54) is 43.4 Å². The zero-order chi connectivity index (χ0) is 37.5. The van der Waals surface area contributed by atoms with Crippen molar-refractivity contribution >= 4 is 71.7 Å². The van der Waals surface area contributed by atoms with E-state index < -0.39 is 0 Å². The number of para-hydroxylation sites is 3. The van der Waals surface area contributed by atoms with Gasteiger partial charge in [-0.15, -0.1) is 0 Å². The Labute approximate surface area is 320 Å². The molecule has 2 aromatic heterocycles. The van der Waals surface area contributed by atoms with Crippen molar-refractivity contribution in [3.05, 3.63) is 199 Å². The van der Waals surface area contributed by atoms with Crippen molar-refractivity contribution in [1.82, 2.24) is 9.13 Å². The first-order valence-electron chi connectivity index (χ1n) is 18.8. The number of anilines is 1. The Morgan fingerprint density at radius 2 is 0.709 bits per heavy atom. The second-order valence-electron chi connectivity index (χ2n) is 13.3. The largest absolute Gasteiger partial charge is 0.309 e. The van der Waals surface area contributed by atoms with Crippen molar-refractivity contribution < 1.29 is 0 Å². The third kappa shape index (κ3) is 5.48. The quantitative estimate of drug-likeness (QED) is 0.136. The number of benzene rings is 8. The van der Waals surface area contributed by atoms with Crippen LogP contribution in [-0.2, 0) is 0 Å². The van der Waals surface area contributed by atoms with Gasteiger partial charge in [-0.25, -0.2) is 0 Å². The number of fused-ring (bicyclic) bond motifs is 9. The SMILES string of the molecule is CC.N=C(c1ccccc1)N(C(=N)c1ccccc1)c1ccc(-n2c3ccccc3c3ccc4c(ccc5c6ccccc6n(-c6ccccc6)c54)c32)cc1. The van der Waals surface area contributed by atoms with Crippen molar-refractivity contribution in [2.45, 2.75) is 13.8 Å². The van der Waals surface area contributed by atoms with E-state index in [2.05, 4.69) is 124 Å². The molecule has 5 nitrogen and oxygen atoms in total. The summed E-state index contributed by atoms with van der Waals surface area (Å²) >= 11 is 0. The molecule has 0 bridgehead atoms. The van der Waals surface area contributed by atoms with E-state index in [1.54, 1.807) is 4.90 Å². The minimum Gasteiger partial charge on any atom is -0.309 e. The molecule has 0 amide bonds. The Morgan fingerprint density at radius 1 is 0.364 bits per heavy atom. The van der Waals surface area contributed by atoms with Crippen LogP contribution in [0.25, 0.3) is 65.8 Å². The van der Waals surface area contributed by atoms with Gasteiger partial charge in [0.2, 0.25) is 0 Å². The van der Waals surface area contributed by atoms with E-state index >= 15 is 0 Å². The molecule has 8 aromatic carbocycles. The highest BCUT2D eigenvalue weighted by atomic mass is 15.2. The molecule has 0 aliphatic carbocycles. The average molecular weight is 710 g/mol. The highest BCUT2D eigenvalue weighted by Crippen LogP contribution is 2.42. The maximum atomic E-state index is 9.27. The summed E-state index contributed by atoms with van der Waals surface area (Å²) < 4.78 is 4.77. The standard InChI is InChI=1S/C48H33N5.C2H6/c49-47(32-14-4-1-5-15-32)53(48(50)33-16-6-2-7-17-33)36-26-24-35(25-27-36)52-44-23-13-11-21-38(44)40-29-30-41-42(46(40)52)31-28-39-37-20-10-12-22-43(37)51(45(39)41)34-18-8-3-9-19-34;1-2/h1-31,49-50H;1-2H3. The van der Waals surface area contributed by atoms with Crippen LogP contribution in [0.3, 0.4) is 0 Å². The van der Waals surface area contributed by atoms with E-state index in [1.807, 2.05) is 86.6 Å². The molecule has 55 heavy (non-hydrogen) atoms. The lowest BCUT2D eigenvalue weighted by atomic mass is 10.0. The van der Waals surface area contributed by atoms with Gasteiger partial charge in [-0.05, 0) is 48.5 Å². The van der Waals surface area contributed by atoms with E-state index in [0.29, 0.717) is 0 Å². The molecule has 2 heterocycles. The molecule has 0 radical (unpaired) electrons. The van der Waals surface area contributed by atoms with Gasteiger partial charge in [-0.2, -0.15) is 0 Å². The monoisotopic (exact) mass is 709 g/mol. The summed E-state index contributed by atoms with van der Waals surface area (Å²) in [6.45, 7) is 4.00. The molecule has 5 heteroatoms. The zero-order valence-electron chi connectivity index (χ0n) is 30.7. The van der Waals surface area contributed by atoms with Crippen molar-refractivity contribution in [3.8, 4) is 11.4 Å². The van der Waals surface area contributed by atoms with E-state index in [0.717, 1.165) is 39.2 Å². The van der Waals surface area contributed by atoms with Crippen LogP contribution in [0, 0.1) is 10.8 Å². The fourth-order valence-electron chi connectivity index (χ4n) is 8.01. The fourth-order valence-corrected chi connectivity index (χ4v) is 8.01. The molecule has 0 aliphatic heterocycles. The van der Waals surface area contributed by atoms with Crippen LogP contribution in [0.2, 0.25) is 0 Å². The molecule has 10 rings (SSSR count). The minimum atomic E-state index is 0.243. The van der Waals surface area contributed by atoms with E-state index in [-0.39, 0.29) is 11.7 Å². The lowest BCUT2D eigenvalue weighted by molar-refractivity contribution is 1.18. The van der Waals surface area contributed by atoms with Gasteiger partial charge in [0, 0.05) is 60.5 Å². The van der Waals surface area contributed by atoms with Gasteiger partial charge in [0.25, 0.3) is 0 Å². The first-order valence-corrected chi connectivity index (χ1v) is 18.8. The first-order chi connectivity index (χ1) is 27.2. The Bertz CT molecular complexity index is 2960. The summed E-state index contributed by atoms with van der Waals surface area (Å²) in [5.41, 5.74) is 9.02.